The van der Waals surface area contributed by atoms with E-state index < -0.39 is 16.6 Å². The molecule has 0 fully saturated rings. The van der Waals surface area contributed by atoms with Gasteiger partial charge in [0.05, 0.1) is 0 Å². The highest BCUT2D eigenvalue weighted by Crippen LogP contribution is 2.17. The molecule has 1 nitrogen and oxygen atoms in total. The summed E-state index contributed by atoms with van der Waals surface area (Å²) >= 11 is 0. The van der Waals surface area contributed by atoms with E-state index in [9.17, 15) is 8.78 Å². The molecule has 0 aliphatic rings. The molecule has 0 bridgehead atoms. The van der Waals surface area contributed by atoms with Gasteiger partial charge < -0.3 is 4.12 Å². The predicted molar refractivity (Wildman–Crippen MR) is 88.1 cm³/mol. The first-order valence-electron chi connectivity index (χ1n) is 6.94. The summed E-state index contributed by atoms with van der Waals surface area (Å²) in [5.41, 5.74) is 0. The Labute approximate surface area is 126 Å². The van der Waals surface area contributed by atoms with Gasteiger partial charge >= 0.3 is 0 Å². The van der Waals surface area contributed by atoms with Gasteiger partial charge in [-0.2, -0.15) is 0 Å². The van der Waals surface area contributed by atoms with E-state index in [1.54, 1.807) is 24.3 Å². The summed E-state index contributed by atoms with van der Waals surface area (Å²) in [7, 11) is -4.89. The lowest BCUT2D eigenvalue weighted by Crippen LogP contribution is -2.59. The van der Waals surface area contributed by atoms with Crippen molar-refractivity contribution in [2.24, 2.45) is 0 Å². The second-order valence-electron chi connectivity index (χ2n) is 6.08. The Bertz CT molecular complexity index is 586. The number of hydrogen-bond acceptors (Lipinski definition) is 1. The molecular weight excluding hydrogens is 302 g/mol. The van der Waals surface area contributed by atoms with Crippen LogP contribution in [0.2, 0.25) is 26.2 Å². The quantitative estimate of drug-likeness (QED) is 0.783. The second-order valence-corrected chi connectivity index (χ2v) is 14.0. The molecule has 0 unspecified atom stereocenters. The lowest BCUT2D eigenvalue weighted by atomic mass is 10.3. The highest BCUT2D eigenvalue weighted by atomic mass is 28.4. The Balaban J connectivity index is 2.36. The average molecular weight is 323 g/mol. The normalized spacial score (nSPS) is 12.5. The van der Waals surface area contributed by atoms with E-state index in [1.807, 2.05) is 38.3 Å². The molecule has 0 amide bonds. The van der Waals surface area contributed by atoms with Crippen LogP contribution < -0.4 is 10.4 Å². The Morgan fingerprint density at radius 2 is 1.00 bits per heavy atom. The van der Waals surface area contributed by atoms with Gasteiger partial charge in [0.2, 0.25) is 16.6 Å². The van der Waals surface area contributed by atoms with Crippen molar-refractivity contribution in [2.75, 3.05) is 0 Å². The molecular formula is C16H20F2OSi2. The fraction of sp³-hybridized carbons (Fsp3) is 0.250. The second kappa shape index (κ2) is 5.83. The molecule has 21 heavy (non-hydrogen) atoms. The van der Waals surface area contributed by atoms with Gasteiger partial charge in [-0.05, 0) is 38.3 Å². The van der Waals surface area contributed by atoms with Crippen LogP contribution in [0.4, 0.5) is 8.78 Å². The van der Waals surface area contributed by atoms with Gasteiger partial charge in [0.1, 0.15) is 11.6 Å². The van der Waals surface area contributed by atoms with E-state index in [1.165, 1.54) is 12.1 Å². The van der Waals surface area contributed by atoms with Gasteiger partial charge in [0.25, 0.3) is 0 Å². The van der Waals surface area contributed by atoms with Gasteiger partial charge in [-0.15, -0.1) is 0 Å². The van der Waals surface area contributed by atoms with Crippen LogP contribution in [0.3, 0.4) is 0 Å². The molecule has 0 aliphatic carbocycles. The molecule has 0 radical (unpaired) electrons. The lowest BCUT2D eigenvalue weighted by molar-refractivity contribution is 0.559. The lowest BCUT2D eigenvalue weighted by Gasteiger charge is -2.34. The van der Waals surface area contributed by atoms with E-state index in [4.69, 9.17) is 4.12 Å². The Morgan fingerprint density at radius 3 is 1.33 bits per heavy atom. The highest BCUT2D eigenvalue weighted by molar-refractivity contribution is 6.96. The molecule has 5 heteroatoms. The third-order valence-electron chi connectivity index (χ3n) is 3.56. The third kappa shape index (κ3) is 3.48. The highest BCUT2D eigenvalue weighted by Gasteiger charge is 2.38. The monoisotopic (exact) mass is 322 g/mol. The molecule has 0 heterocycles. The summed E-state index contributed by atoms with van der Waals surface area (Å²) in [6.07, 6.45) is 0. The van der Waals surface area contributed by atoms with Crippen LogP contribution in [-0.2, 0) is 4.12 Å². The molecule has 2 rings (SSSR count). The van der Waals surface area contributed by atoms with Crippen molar-refractivity contribution in [3.05, 3.63) is 60.2 Å². The zero-order valence-corrected chi connectivity index (χ0v) is 14.8. The molecule has 0 atom stereocenters. The van der Waals surface area contributed by atoms with E-state index in [0.717, 1.165) is 0 Å². The maximum atomic E-state index is 14.0. The zero-order chi connectivity index (χ0) is 15.7. The molecule has 112 valence electrons. The minimum Gasteiger partial charge on any atom is -0.449 e. The van der Waals surface area contributed by atoms with Crippen molar-refractivity contribution >= 4 is 27.0 Å². The third-order valence-corrected chi connectivity index (χ3v) is 11.0. The van der Waals surface area contributed by atoms with E-state index in [-0.39, 0.29) is 11.6 Å². The van der Waals surface area contributed by atoms with E-state index >= 15 is 0 Å². The minimum atomic E-state index is -2.45. The average Bonchev–Trinajstić information content (AvgIpc) is 2.38. The summed E-state index contributed by atoms with van der Waals surface area (Å²) < 4.78 is 34.4. The van der Waals surface area contributed by atoms with Crippen molar-refractivity contribution in [3.8, 4) is 0 Å². The van der Waals surface area contributed by atoms with E-state index in [2.05, 4.69) is 0 Å². The maximum absolute atomic E-state index is 14.0. The number of rotatable bonds is 4. The summed E-state index contributed by atoms with van der Waals surface area (Å²) in [6, 6.07) is 13.4. The first-order chi connectivity index (χ1) is 9.74. The SMILES string of the molecule is C[Si](C)(O[Si](C)(C)c1ccccc1F)c1ccccc1F. The topological polar surface area (TPSA) is 9.23 Å². The number of benzene rings is 2. The van der Waals surface area contributed by atoms with Crippen LogP contribution >= 0.6 is 0 Å². The Morgan fingerprint density at radius 1 is 0.667 bits per heavy atom. The van der Waals surface area contributed by atoms with Crippen molar-refractivity contribution in [3.63, 3.8) is 0 Å². The van der Waals surface area contributed by atoms with Crippen LogP contribution in [0, 0.1) is 11.6 Å². The molecule has 2 aromatic rings. The van der Waals surface area contributed by atoms with Crippen LogP contribution in [0.15, 0.2) is 48.5 Å². The van der Waals surface area contributed by atoms with Crippen LogP contribution in [0.5, 0.6) is 0 Å². The zero-order valence-electron chi connectivity index (χ0n) is 12.8. The predicted octanol–water partition coefficient (Wildman–Crippen LogP) is 3.51. The van der Waals surface area contributed by atoms with Gasteiger partial charge in [-0.25, -0.2) is 8.78 Å². The summed E-state index contributed by atoms with van der Waals surface area (Å²) in [6.45, 7) is 7.84. The van der Waals surface area contributed by atoms with Gasteiger partial charge in [-0.3, -0.25) is 0 Å². The molecule has 0 saturated heterocycles. The van der Waals surface area contributed by atoms with Gasteiger partial charge in [0.15, 0.2) is 0 Å². The molecule has 0 N–H and O–H groups in total. The molecule has 2 aromatic carbocycles. The molecule has 0 aromatic heterocycles. The van der Waals surface area contributed by atoms with Crippen LogP contribution in [-0.4, -0.2) is 16.6 Å². The Hall–Kier alpha value is -1.31. The summed E-state index contributed by atoms with van der Waals surface area (Å²) in [5.74, 6) is -0.486. The van der Waals surface area contributed by atoms with Crippen molar-refractivity contribution < 1.29 is 12.9 Å². The standard InChI is InChI=1S/C16H20F2OSi2/c1-20(2,15-11-7-5-9-13(15)17)19-21(3,4)16-12-8-6-10-14(16)18/h5-12H,1-4H3. The fourth-order valence-corrected chi connectivity index (χ4v) is 10.9. The van der Waals surface area contributed by atoms with Crippen LogP contribution in [0.1, 0.15) is 0 Å². The maximum Gasteiger partial charge on any atom is 0.209 e. The molecule has 0 aliphatic heterocycles. The fourth-order valence-electron chi connectivity index (χ4n) is 2.65. The first-order valence-corrected chi connectivity index (χ1v) is 12.8. The van der Waals surface area contributed by atoms with Crippen LogP contribution in [0.25, 0.3) is 0 Å². The number of halogens is 2. The first kappa shape index (κ1) is 16.1. The molecule has 0 saturated carbocycles. The van der Waals surface area contributed by atoms with Crippen molar-refractivity contribution in [1.29, 1.82) is 0 Å². The summed E-state index contributed by atoms with van der Waals surface area (Å²) in [5, 5.41) is 1.25. The number of hydrogen-bond donors (Lipinski definition) is 0. The van der Waals surface area contributed by atoms with Gasteiger partial charge in [-0.1, -0.05) is 36.4 Å². The molecule has 0 spiro atoms. The smallest absolute Gasteiger partial charge is 0.209 e. The van der Waals surface area contributed by atoms with Crippen molar-refractivity contribution in [2.45, 2.75) is 26.2 Å². The Kier molecular flexibility index (Phi) is 4.46. The van der Waals surface area contributed by atoms with Crippen molar-refractivity contribution in [1.82, 2.24) is 0 Å². The van der Waals surface area contributed by atoms with Gasteiger partial charge in [0, 0.05) is 10.4 Å². The summed E-state index contributed by atoms with van der Waals surface area (Å²) in [4.78, 5) is 0. The minimum absolute atomic E-state index is 0.243. The van der Waals surface area contributed by atoms with E-state index in [0.29, 0.717) is 10.4 Å². The largest absolute Gasteiger partial charge is 0.449 e.